The van der Waals surface area contributed by atoms with Crippen molar-refractivity contribution in [3.8, 4) is 5.75 Å². The third-order valence-electron chi connectivity index (χ3n) is 2.81. The summed E-state index contributed by atoms with van der Waals surface area (Å²) in [6.45, 7) is 0.722. The van der Waals surface area contributed by atoms with Gasteiger partial charge in [0.25, 0.3) is 0 Å². The molecule has 0 saturated carbocycles. The van der Waals surface area contributed by atoms with Crippen LogP contribution >= 0.6 is 15.9 Å². The van der Waals surface area contributed by atoms with Crippen molar-refractivity contribution in [2.75, 3.05) is 24.4 Å². The third kappa shape index (κ3) is 3.37. The van der Waals surface area contributed by atoms with Crippen molar-refractivity contribution in [2.45, 2.75) is 6.42 Å². The normalized spacial score (nSPS) is 10.2. The van der Waals surface area contributed by atoms with Gasteiger partial charge >= 0.3 is 0 Å². The number of methoxy groups -OCH3 is 1. The number of hydrogen-bond donors (Lipinski definition) is 3. The van der Waals surface area contributed by atoms with Crippen LogP contribution in [0.15, 0.2) is 35.1 Å². The standard InChI is InChI=1S/C13H16BrN5O/c1-20-10-5-3-2-4-9(10)6-7-16-12-11(14)13(19-15)18-8-17-12/h2-5,8H,6-7,15H2,1H3,(H2,16,17,18,19). The molecule has 0 fully saturated rings. The average Bonchev–Trinajstić information content (AvgIpc) is 2.49. The van der Waals surface area contributed by atoms with Gasteiger partial charge in [-0.05, 0) is 34.0 Å². The first-order chi connectivity index (χ1) is 9.76. The molecule has 0 bridgehead atoms. The van der Waals surface area contributed by atoms with Crippen molar-refractivity contribution in [2.24, 2.45) is 5.84 Å². The first-order valence-electron chi connectivity index (χ1n) is 6.09. The van der Waals surface area contributed by atoms with Crippen LogP contribution in [0.3, 0.4) is 0 Å². The maximum absolute atomic E-state index is 5.36. The van der Waals surface area contributed by atoms with Crippen LogP contribution in [0.1, 0.15) is 5.56 Å². The molecule has 0 aliphatic rings. The van der Waals surface area contributed by atoms with Crippen LogP contribution in [0.4, 0.5) is 11.6 Å². The summed E-state index contributed by atoms with van der Waals surface area (Å²) >= 11 is 3.40. The lowest BCUT2D eigenvalue weighted by atomic mass is 10.1. The fourth-order valence-electron chi connectivity index (χ4n) is 1.82. The SMILES string of the molecule is COc1ccccc1CCNc1ncnc(NN)c1Br. The summed E-state index contributed by atoms with van der Waals surface area (Å²) in [5.41, 5.74) is 3.65. The summed E-state index contributed by atoms with van der Waals surface area (Å²) in [6, 6.07) is 7.94. The Balaban J connectivity index is 1.99. The number of nitrogens with one attached hydrogen (secondary N) is 2. The number of anilines is 2. The minimum atomic E-state index is 0.541. The summed E-state index contributed by atoms with van der Waals surface area (Å²) < 4.78 is 6.03. The van der Waals surface area contributed by atoms with Crippen LogP contribution in [0.2, 0.25) is 0 Å². The Labute approximate surface area is 125 Å². The Kier molecular flexibility index (Phi) is 5.14. The minimum absolute atomic E-state index is 0.541. The highest BCUT2D eigenvalue weighted by molar-refractivity contribution is 9.10. The van der Waals surface area contributed by atoms with Crippen LogP contribution in [0.25, 0.3) is 0 Å². The lowest BCUT2D eigenvalue weighted by molar-refractivity contribution is 0.410. The van der Waals surface area contributed by atoms with E-state index in [1.165, 1.54) is 6.33 Å². The van der Waals surface area contributed by atoms with E-state index in [-0.39, 0.29) is 0 Å². The van der Waals surface area contributed by atoms with Gasteiger partial charge in [-0.2, -0.15) is 0 Å². The Morgan fingerprint density at radius 1 is 1.25 bits per heavy atom. The Morgan fingerprint density at radius 3 is 2.75 bits per heavy atom. The summed E-state index contributed by atoms with van der Waals surface area (Å²) in [6.07, 6.45) is 2.28. The van der Waals surface area contributed by atoms with Gasteiger partial charge in [-0.25, -0.2) is 15.8 Å². The highest BCUT2D eigenvalue weighted by atomic mass is 79.9. The molecular formula is C13H16BrN5O. The van der Waals surface area contributed by atoms with Gasteiger partial charge in [0.2, 0.25) is 0 Å². The summed E-state index contributed by atoms with van der Waals surface area (Å²) in [7, 11) is 1.67. The zero-order valence-corrected chi connectivity index (χ0v) is 12.6. The van der Waals surface area contributed by atoms with E-state index < -0.39 is 0 Å². The molecule has 1 aromatic heterocycles. The number of hydrazine groups is 1. The molecule has 0 radical (unpaired) electrons. The molecule has 0 saturated heterocycles. The van der Waals surface area contributed by atoms with Gasteiger partial charge < -0.3 is 15.5 Å². The molecule has 0 aliphatic heterocycles. The number of para-hydroxylation sites is 1. The molecule has 2 rings (SSSR count). The fourth-order valence-corrected chi connectivity index (χ4v) is 2.28. The minimum Gasteiger partial charge on any atom is -0.496 e. The predicted molar refractivity (Wildman–Crippen MR) is 82.7 cm³/mol. The zero-order valence-electron chi connectivity index (χ0n) is 11.1. The van der Waals surface area contributed by atoms with Crippen LogP contribution < -0.4 is 21.3 Å². The van der Waals surface area contributed by atoms with Crippen molar-refractivity contribution < 1.29 is 4.74 Å². The largest absolute Gasteiger partial charge is 0.496 e. The maximum Gasteiger partial charge on any atom is 0.159 e. The fraction of sp³-hybridized carbons (Fsp3) is 0.231. The van der Waals surface area contributed by atoms with E-state index in [1.807, 2.05) is 24.3 Å². The molecule has 0 unspecified atom stereocenters. The van der Waals surface area contributed by atoms with E-state index in [0.29, 0.717) is 16.1 Å². The Bertz CT molecular complexity index is 578. The molecular weight excluding hydrogens is 322 g/mol. The molecule has 1 heterocycles. The van der Waals surface area contributed by atoms with Crippen LogP contribution in [-0.4, -0.2) is 23.6 Å². The molecule has 106 valence electrons. The first-order valence-corrected chi connectivity index (χ1v) is 6.88. The second-order valence-electron chi connectivity index (χ2n) is 4.02. The van der Waals surface area contributed by atoms with Gasteiger partial charge in [-0.1, -0.05) is 18.2 Å². The highest BCUT2D eigenvalue weighted by Gasteiger charge is 2.07. The van der Waals surface area contributed by atoms with Gasteiger partial charge in [0.15, 0.2) is 5.82 Å². The van der Waals surface area contributed by atoms with Crippen LogP contribution in [0, 0.1) is 0 Å². The molecule has 2 aromatic rings. The predicted octanol–water partition coefficient (Wildman–Crippen LogP) is 2.19. The molecule has 4 N–H and O–H groups in total. The Hall–Kier alpha value is -1.86. The highest BCUT2D eigenvalue weighted by Crippen LogP contribution is 2.25. The van der Waals surface area contributed by atoms with E-state index in [4.69, 9.17) is 10.6 Å². The number of hydrogen-bond acceptors (Lipinski definition) is 6. The van der Waals surface area contributed by atoms with E-state index in [1.54, 1.807) is 7.11 Å². The smallest absolute Gasteiger partial charge is 0.159 e. The molecule has 0 amide bonds. The number of nitrogens with zero attached hydrogens (tertiary/aromatic N) is 2. The number of ether oxygens (including phenoxy) is 1. The second-order valence-corrected chi connectivity index (χ2v) is 4.81. The molecule has 20 heavy (non-hydrogen) atoms. The number of benzene rings is 1. The average molecular weight is 338 g/mol. The molecule has 0 spiro atoms. The van der Waals surface area contributed by atoms with E-state index >= 15 is 0 Å². The summed E-state index contributed by atoms with van der Waals surface area (Å²) in [5, 5.41) is 3.24. The van der Waals surface area contributed by atoms with E-state index in [0.717, 1.165) is 24.3 Å². The third-order valence-corrected chi connectivity index (χ3v) is 3.56. The number of nitrogens with two attached hydrogens (primary N) is 1. The van der Waals surface area contributed by atoms with Crippen molar-refractivity contribution in [3.05, 3.63) is 40.6 Å². The van der Waals surface area contributed by atoms with Gasteiger partial charge in [0, 0.05) is 6.54 Å². The first kappa shape index (κ1) is 14.5. The van der Waals surface area contributed by atoms with Gasteiger partial charge in [-0.3, -0.25) is 0 Å². The molecule has 7 heteroatoms. The van der Waals surface area contributed by atoms with Crippen molar-refractivity contribution in [1.29, 1.82) is 0 Å². The quantitative estimate of drug-likeness (QED) is 0.553. The lowest BCUT2D eigenvalue weighted by Gasteiger charge is -2.11. The maximum atomic E-state index is 5.36. The van der Waals surface area contributed by atoms with Crippen LogP contribution in [-0.2, 0) is 6.42 Å². The van der Waals surface area contributed by atoms with E-state index in [9.17, 15) is 0 Å². The second kappa shape index (κ2) is 7.06. The van der Waals surface area contributed by atoms with Gasteiger partial charge in [0.1, 0.15) is 22.4 Å². The van der Waals surface area contributed by atoms with Crippen molar-refractivity contribution in [1.82, 2.24) is 9.97 Å². The molecule has 1 aromatic carbocycles. The monoisotopic (exact) mass is 337 g/mol. The number of halogens is 1. The lowest BCUT2D eigenvalue weighted by Crippen LogP contribution is -2.12. The van der Waals surface area contributed by atoms with E-state index in [2.05, 4.69) is 36.6 Å². The number of rotatable bonds is 6. The number of aromatic nitrogens is 2. The topological polar surface area (TPSA) is 85.1 Å². The molecule has 0 aliphatic carbocycles. The van der Waals surface area contributed by atoms with Gasteiger partial charge in [0.05, 0.1) is 7.11 Å². The zero-order chi connectivity index (χ0) is 14.4. The molecule has 6 nitrogen and oxygen atoms in total. The van der Waals surface area contributed by atoms with Gasteiger partial charge in [-0.15, -0.1) is 0 Å². The summed E-state index contributed by atoms with van der Waals surface area (Å²) in [5.74, 6) is 7.49. The van der Waals surface area contributed by atoms with Crippen molar-refractivity contribution in [3.63, 3.8) is 0 Å². The Morgan fingerprint density at radius 2 is 2.00 bits per heavy atom. The van der Waals surface area contributed by atoms with Crippen LogP contribution in [0.5, 0.6) is 5.75 Å². The van der Waals surface area contributed by atoms with Crippen molar-refractivity contribution >= 4 is 27.6 Å². The summed E-state index contributed by atoms with van der Waals surface area (Å²) in [4.78, 5) is 8.16. The number of nitrogen functional groups attached to an aromatic ring is 1. The molecule has 0 atom stereocenters.